The normalized spacial score (nSPS) is 17.0. The van der Waals surface area contributed by atoms with Gasteiger partial charge < -0.3 is 14.8 Å². The number of nitrogens with one attached hydrogen (secondary N) is 1. The molecule has 4 heteroatoms. The average molecular weight is 356 g/mol. The highest BCUT2D eigenvalue weighted by Gasteiger charge is 2.31. The van der Waals surface area contributed by atoms with Crippen LogP contribution in [-0.2, 0) is 6.54 Å². The van der Waals surface area contributed by atoms with E-state index < -0.39 is 0 Å². The third-order valence-corrected chi connectivity index (χ3v) is 5.52. The molecule has 1 aromatic rings. The van der Waals surface area contributed by atoms with Crippen molar-refractivity contribution in [2.45, 2.75) is 45.6 Å². The van der Waals surface area contributed by atoms with Crippen LogP contribution in [0.5, 0.6) is 11.5 Å². The van der Waals surface area contributed by atoms with Crippen molar-refractivity contribution in [3.63, 3.8) is 0 Å². The predicted octanol–water partition coefficient (Wildman–Crippen LogP) is 4.53. The summed E-state index contributed by atoms with van der Waals surface area (Å²) in [5.74, 6) is 1.54. The fourth-order valence-corrected chi connectivity index (χ4v) is 3.74. The van der Waals surface area contributed by atoms with Gasteiger partial charge in [-0.2, -0.15) is 0 Å². The van der Waals surface area contributed by atoms with Crippen LogP contribution >= 0.6 is 15.9 Å². The zero-order valence-electron chi connectivity index (χ0n) is 13.3. The van der Waals surface area contributed by atoms with Gasteiger partial charge in [-0.15, -0.1) is 0 Å². The van der Waals surface area contributed by atoms with E-state index in [2.05, 4.69) is 28.2 Å². The molecule has 2 rings (SSSR count). The molecule has 0 bridgehead atoms. The van der Waals surface area contributed by atoms with Crippen molar-refractivity contribution in [1.29, 1.82) is 0 Å². The fourth-order valence-electron chi connectivity index (χ4n) is 3.27. The quantitative estimate of drug-likeness (QED) is 0.779. The Labute approximate surface area is 136 Å². The van der Waals surface area contributed by atoms with Gasteiger partial charge in [0.2, 0.25) is 0 Å². The van der Waals surface area contributed by atoms with Gasteiger partial charge in [0.25, 0.3) is 0 Å². The van der Waals surface area contributed by atoms with E-state index in [9.17, 15) is 0 Å². The molecule has 0 heterocycles. The second kappa shape index (κ2) is 7.50. The van der Waals surface area contributed by atoms with Crippen molar-refractivity contribution in [2.75, 3.05) is 20.8 Å². The number of benzene rings is 1. The fraction of sp³-hybridized carbons (Fsp3) is 0.647. The summed E-state index contributed by atoms with van der Waals surface area (Å²) in [6.07, 6.45) is 6.77. The van der Waals surface area contributed by atoms with E-state index in [0.717, 1.165) is 29.1 Å². The molecule has 0 unspecified atom stereocenters. The van der Waals surface area contributed by atoms with Gasteiger partial charge in [-0.25, -0.2) is 0 Å². The molecule has 0 atom stereocenters. The van der Waals surface area contributed by atoms with E-state index in [1.165, 1.54) is 37.7 Å². The van der Waals surface area contributed by atoms with E-state index in [1.807, 2.05) is 12.1 Å². The first kappa shape index (κ1) is 16.6. The Morgan fingerprint density at radius 1 is 1.14 bits per heavy atom. The van der Waals surface area contributed by atoms with E-state index in [1.54, 1.807) is 14.2 Å². The highest BCUT2D eigenvalue weighted by atomic mass is 79.9. The van der Waals surface area contributed by atoms with Gasteiger partial charge in [0.1, 0.15) is 0 Å². The average Bonchev–Trinajstić information content (AvgIpc) is 2.98. The minimum absolute atomic E-state index is 0.517. The van der Waals surface area contributed by atoms with Crippen LogP contribution in [0, 0.1) is 5.41 Å². The van der Waals surface area contributed by atoms with Crippen molar-refractivity contribution >= 4 is 15.9 Å². The lowest BCUT2D eigenvalue weighted by molar-refractivity contribution is 0.268. The summed E-state index contributed by atoms with van der Waals surface area (Å²) in [7, 11) is 3.33. The Balaban J connectivity index is 1.99. The van der Waals surface area contributed by atoms with Crippen molar-refractivity contribution in [3.8, 4) is 11.5 Å². The van der Waals surface area contributed by atoms with Gasteiger partial charge in [-0.3, -0.25) is 0 Å². The molecule has 0 saturated heterocycles. The maximum absolute atomic E-state index is 5.38. The van der Waals surface area contributed by atoms with Gasteiger partial charge in [-0.05, 0) is 42.4 Å². The zero-order chi connectivity index (χ0) is 15.3. The van der Waals surface area contributed by atoms with Gasteiger partial charge in [0.05, 0.1) is 14.2 Å². The van der Waals surface area contributed by atoms with Crippen LogP contribution in [0.2, 0.25) is 0 Å². The van der Waals surface area contributed by atoms with E-state index >= 15 is 0 Å². The third kappa shape index (κ3) is 3.92. The summed E-state index contributed by atoms with van der Waals surface area (Å²) >= 11 is 3.62. The lowest BCUT2D eigenvalue weighted by atomic mass is 9.83. The van der Waals surface area contributed by atoms with E-state index in [0.29, 0.717) is 5.41 Å². The highest BCUT2D eigenvalue weighted by Crippen LogP contribution is 2.40. The first-order valence-corrected chi connectivity index (χ1v) is 8.54. The Bertz CT molecular complexity index is 470. The molecular formula is C17H26BrNO2. The first-order valence-electron chi connectivity index (χ1n) is 7.75. The zero-order valence-corrected chi connectivity index (χ0v) is 14.9. The molecule has 0 radical (unpaired) electrons. The molecule has 118 valence electrons. The van der Waals surface area contributed by atoms with Crippen molar-refractivity contribution in [2.24, 2.45) is 5.41 Å². The lowest BCUT2D eigenvalue weighted by Crippen LogP contribution is -2.31. The maximum atomic E-state index is 5.38. The Hall–Kier alpha value is -0.740. The predicted molar refractivity (Wildman–Crippen MR) is 90.1 cm³/mol. The summed E-state index contributed by atoms with van der Waals surface area (Å²) in [4.78, 5) is 0. The van der Waals surface area contributed by atoms with E-state index in [4.69, 9.17) is 9.47 Å². The largest absolute Gasteiger partial charge is 0.493 e. The van der Waals surface area contributed by atoms with Crippen molar-refractivity contribution < 1.29 is 9.47 Å². The van der Waals surface area contributed by atoms with Crippen molar-refractivity contribution in [3.05, 3.63) is 22.2 Å². The molecule has 0 spiro atoms. The molecular weight excluding hydrogens is 330 g/mol. The second-order valence-corrected chi connectivity index (χ2v) is 6.82. The maximum Gasteiger partial charge on any atom is 0.161 e. The van der Waals surface area contributed by atoms with Crippen LogP contribution in [0.25, 0.3) is 0 Å². The number of halogens is 1. The lowest BCUT2D eigenvalue weighted by Gasteiger charge is -2.28. The van der Waals surface area contributed by atoms with Crippen LogP contribution in [0.3, 0.4) is 0 Å². The third-order valence-electron chi connectivity index (χ3n) is 4.78. The van der Waals surface area contributed by atoms with Gasteiger partial charge in [-0.1, -0.05) is 35.7 Å². The molecule has 1 aromatic carbocycles. The van der Waals surface area contributed by atoms with Crippen molar-refractivity contribution in [1.82, 2.24) is 5.32 Å². The SMILES string of the molecule is CCC1(CNCc2cc(OC)c(OC)cc2Br)CCCC1. The number of hydrogen-bond donors (Lipinski definition) is 1. The number of ether oxygens (including phenoxy) is 2. The van der Waals surface area contributed by atoms with Crippen LogP contribution in [0.4, 0.5) is 0 Å². The number of rotatable bonds is 7. The summed E-state index contributed by atoms with van der Waals surface area (Å²) in [5.41, 5.74) is 1.72. The van der Waals surface area contributed by atoms with Crippen LogP contribution in [-0.4, -0.2) is 20.8 Å². The summed E-state index contributed by atoms with van der Waals surface area (Å²) in [6.45, 7) is 4.27. The van der Waals surface area contributed by atoms with Gasteiger partial charge in [0.15, 0.2) is 11.5 Å². The molecule has 1 aliphatic carbocycles. The number of methoxy groups -OCH3 is 2. The molecule has 1 N–H and O–H groups in total. The molecule has 3 nitrogen and oxygen atoms in total. The summed E-state index contributed by atoms with van der Waals surface area (Å²) < 4.78 is 11.8. The monoisotopic (exact) mass is 355 g/mol. The standard InChI is InChI=1S/C17H26BrNO2/c1-4-17(7-5-6-8-17)12-19-11-13-9-15(20-2)16(21-3)10-14(13)18/h9-10,19H,4-8,11-12H2,1-3H3. The highest BCUT2D eigenvalue weighted by molar-refractivity contribution is 9.10. The smallest absolute Gasteiger partial charge is 0.161 e. The van der Waals surface area contributed by atoms with Crippen LogP contribution < -0.4 is 14.8 Å². The first-order chi connectivity index (χ1) is 10.1. The molecule has 0 aliphatic heterocycles. The van der Waals surface area contributed by atoms with Gasteiger partial charge >= 0.3 is 0 Å². The Morgan fingerprint density at radius 2 is 1.76 bits per heavy atom. The summed E-state index contributed by atoms with van der Waals surface area (Å²) in [6, 6.07) is 4.02. The molecule has 0 aromatic heterocycles. The minimum Gasteiger partial charge on any atom is -0.493 e. The Kier molecular flexibility index (Phi) is 5.94. The Morgan fingerprint density at radius 3 is 2.33 bits per heavy atom. The molecule has 1 aliphatic rings. The molecule has 1 saturated carbocycles. The molecule has 0 amide bonds. The molecule has 1 fully saturated rings. The number of hydrogen-bond acceptors (Lipinski definition) is 3. The van der Waals surface area contributed by atoms with Crippen LogP contribution in [0.15, 0.2) is 16.6 Å². The minimum atomic E-state index is 0.517. The topological polar surface area (TPSA) is 30.5 Å². The van der Waals surface area contributed by atoms with E-state index in [-0.39, 0.29) is 0 Å². The van der Waals surface area contributed by atoms with Gasteiger partial charge in [0, 0.05) is 17.6 Å². The second-order valence-electron chi connectivity index (χ2n) is 5.96. The van der Waals surface area contributed by atoms with Crippen LogP contribution in [0.1, 0.15) is 44.6 Å². The summed E-state index contributed by atoms with van der Waals surface area (Å²) in [5, 5.41) is 3.64. The molecule has 21 heavy (non-hydrogen) atoms.